The molecule has 0 aromatic heterocycles. The normalized spacial score (nSPS) is 21.2. The van der Waals surface area contributed by atoms with E-state index in [-0.39, 0.29) is 0 Å². The molecule has 0 bridgehead atoms. The Hall–Kier alpha value is -1.18. The molecule has 88 valence electrons. The molecule has 1 fully saturated rings. The topological polar surface area (TPSA) is 29.3 Å². The Bertz CT molecular complexity index is 385. The Morgan fingerprint density at radius 3 is 2.62 bits per heavy atom. The zero-order valence-corrected chi connectivity index (χ0v) is 10.6. The summed E-state index contributed by atoms with van der Waals surface area (Å²) < 4.78 is 0. The zero-order valence-electron chi connectivity index (χ0n) is 10.6. The lowest BCUT2D eigenvalue weighted by Crippen LogP contribution is -2.37. The third-order valence-electron chi connectivity index (χ3n) is 3.70. The van der Waals surface area contributed by atoms with Crippen LogP contribution in [0.25, 0.3) is 0 Å². The van der Waals surface area contributed by atoms with E-state index in [1.807, 2.05) is 0 Å². The van der Waals surface area contributed by atoms with Crippen molar-refractivity contribution in [3.8, 4) is 0 Å². The van der Waals surface area contributed by atoms with Gasteiger partial charge in [0.2, 0.25) is 0 Å². The number of nitrogens with zero attached hydrogens (tertiary/aromatic N) is 1. The van der Waals surface area contributed by atoms with Crippen molar-refractivity contribution in [3.05, 3.63) is 23.3 Å². The number of anilines is 2. The van der Waals surface area contributed by atoms with E-state index in [1.54, 1.807) is 0 Å². The molecule has 2 rings (SSSR count). The zero-order chi connectivity index (χ0) is 11.7. The summed E-state index contributed by atoms with van der Waals surface area (Å²) in [4.78, 5) is 2.53. The second-order valence-electron chi connectivity index (χ2n) is 5.03. The van der Waals surface area contributed by atoms with E-state index < -0.39 is 0 Å². The molecule has 0 saturated carbocycles. The molecule has 16 heavy (non-hydrogen) atoms. The van der Waals surface area contributed by atoms with Crippen LogP contribution in [0.15, 0.2) is 12.1 Å². The summed E-state index contributed by atoms with van der Waals surface area (Å²) >= 11 is 0. The Balaban J connectivity index is 2.35. The molecule has 0 spiro atoms. The highest BCUT2D eigenvalue weighted by molar-refractivity contribution is 5.63. The molecule has 2 nitrogen and oxygen atoms in total. The number of rotatable bonds is 1. The molecule has 1 aliphatic rings. The second kappa shape index (κ2) is 4.36. The minimum atomic E-state index is 0.662. The average Bonchev–Trinajstić information content (AvgIpc) is 2.25. The fourth-order valence-corrected chi connectivity index (χ4v) is 2.59. The lowest BCUT2D eigenvalue weighted by molar-refractivity contribution is 0.484. The van der Waals surface area contributed by atoms with Gasteiger partial charge < -0.3 is 10.6 Å². The quantitative estimate of drug-likeness (QED) is 0.733. The lowest BCUT2D eigenvalue weighted by Gasteiger charge is -2.36. The number of piperidine rings is 1. The average molecular weight is 218 g/mol. The standard InChI is InChI=1S/C14H22N2/c1-10-9-14(11(2)8-13(10)15)16-7-5-4-6-12(16)3/h8-9,12H,4-7,15H2,1-3H3. The maximum atomic E-state index is 5.94. The van der Waals surface area contributed by atoms with E-state index >= 15 is 0 Å². The van der Waals surface area contributed by atoms with E-state index in [2.05, 4.69) is 37.8 Å². The van der Waals surface area contributed by atoms with Gasteiger partial charge in [0.05, 0.1) is 0 Å². The Morgan fingerprint density at radius 1 is 1.19 bits per heavy atom. The molecule has 1 atom stereocenters. The number of nitrogen functional groups attached to an aromatic ring is 1. The first kappa shape index (κ1) is 11.3. The third kappa shape index (κ3) is 2.01. The summed E-state index contributed by atoms with van der Waals surface area (Å²) in [6.07, 6.45) is 3.99. The maximum absolute atomic E-state index is 5.94. The van der Waals surface area contributed by atoms with E-state index in [1.165, 1.54) is 42.6 Å². The molecule has 1 aliphatic heterocycles. The third-order valence-corrected chi connectivity index (χ3v) is 3.70. The highest BCUT2D eigenvalue weighted by Crippen LogP contribution is 2.30. The first-order valence-corrected chi connectivity index (χ1v) is 6.23. The maximum Gasteiger partial charge on any atom is 0.0402 e. The largest absolute Gasteiger partial charge is 0.399 e. The number of nitrogens with two attached hydrogens (primary N) is 1. The van der Waals surface area contributed by atoms with Gasteiger partial charge >= 0.3 is 0 Å². The Morgan fingerprint density at radius 2 is 1.94 bits per heavy atom. The van der Waals surface area contributed by atoms with Gasteiger partial charge in [-0.25, -0.2) is 0 Å². The van der Waals surface area contributed by atoms with Crippen LogP contribution in [0.2, 0.25) is 0 Å². The smallest absolute Gasteiger partial charge is 0.0402 e. The second-order valence-corrected chi connectivity index (χ2v) is 5.03. The van der Waals surface area contributed by atoms with Gasteiger partial charge in [-0.2, -0.15) is 0 Å². The van der Waals surface area contributed by atoms with Gasteiger partial charge in [0, 0.05) is 24.0 Å². The summed E-state index contributed by atoms with van der Waals surface area (Å²) in [5, 5.41) is 0. The first-order chi connectivity index (χ1) is 7.59. The van der Waals surface area contributed by atoms with Crippen LogP contribution in [0.1, 0.15) is 37.3 Å². The van der Waals surface area contributed by atoms with Crippen molar-refractivity contribution in [2.24, 2.45) is 0 Å². The van der Waals surface area contributed by atoms with Crippen molar-refractivity contribution in [1.29, 1.82) is 0 Å². The summed E-state index contributed by atoms with van der Waals surface area (Å²) in [5.74, 6) is 0. The van der Waals surface area contributed by atoms with Crippen LogP contribution in [-0.4, -0.2) is 12.6 Å². The SMILES string of the molecule is Cc1cc(N2CCCCC2C)c(C)cc1N. The Labute approximate surface area is 98.4 Å². The van der Waals surface area contributed by atoms with Crippen molar-refractivity contribution < 1.29 is 0 Å². The highest BCUT2D eigenvalue weighted by Gasteiger charge is 2.20. The van der Waals surface area contributed by atoms with Crippen LogP contribution in [0.4, 0.5) is 11.4 Å². The van der Waals surface area contributed by atoms with E-state index in [0.717, 1.165) is 5.69 Å². The molecule has 1 heterocycles. The summed E-state index contributed by atoms with van der Waals surface area (Å²) in [5.41, 5.74) is 10.7. The fraction of sp³-hybridized carbons (Fsp3) is 0.571. The van der Waals surface area contributed by atoms with Crippen LogP contribution in [0.5, 0.6) is 0 Å². The number of benzene rings is 1. The molecule has 2 heteroatoms. The lowest BCUT2D eigenvalue weighted by atomic mass is 10.00. The van der Waals surface area contributed by atoms with Crippen LogP contribution < -0.4 is 10.6 Å². The van der Waals surface area contributed by atoms with Crippen molar-refractivity contribution in [3.63, 3.8) is 0 Å². The van der Waals surface area contributed by atoms with Gasteiger partial charge in [-0.05, 0) is 63.3 Å². The van der Waals surface area contributed by atoms with Crippen molar-refractivity contribution in [1.82, 2.24) is 0 Å². The molecule has 0 aliphatic carbocycles. The number of hydrogen-bond acceptors (Lipinski definition) is 2. The van der Waals surface area contributed by atoms with Crippen molar-refractivity contribution in [2.75, 3.05) is 17.2 Å². The predicted octanol–water partition coefficient (Wildman–Crippen LogP) is 3.26. The number of hydrogen-bond donors (Lipinski definition) is 1. The van der Waals surface area contributed by atoms with Crippen molar-refractivity contribution in [2.45, 2.75) is 46.1 Å². The van der Waals surface area contributed by atoms with Gasteiger partial charge in [0.1, 0.15) is 0 Å². The summed E-state index contributed by atoms with van der Waals surface area (Å²) in [6.45, 7) is 7.76. The predicted molar refractivity (Wildman–Crippen MR) is 71.0 cm³/mol. The van der Waals surface area contributed by atoms with Gasteiger partial charge in [0.15, 0.2) is 0 Å². The molecule has 1 saturated heterocycles. The first-order valence-electron chi connectivity index (χ1n) is 6.23. The molecule has 2 N–H and O–H groups in total. The molecular formula is C14H22N2. The summed E-state index contributed by atoms with van der Waals surface area (Å²) in [6, 6.07) is 5.01. The van der Waals surface area contributed by atoms with Crippen LogP contribution >= 0.6 is 0 Å². The number of aryl methyl sites for hydroxylation is 2. The van der Waals surface area contributed by atoms with Gasteiger partial charge in [0.25, 0.3) is 0 Å². The van der Waals surface area contributed by atoms with Gasteiger partial charge in [-0.1, -0.05) is 0 Å². The fourth-order valence-electron chi connectivity index (χ4n) is 2.59. The van der Waals surface area contributed by atoms with Crippen LogP contribution in [0, 0.1) is 13.8 Å². The minimum Gasteiger partial charge on any atom is -0.399 e. The molecule has 1 aromatic rings. The molecule has 1 unspecified atom stereocenters. The highest BCUT2D eigenvalue weighted by atomic mass is 15.2. The summed E-state index contributed by atoms with van der Waals surface area (Å²) in [7, 11) is 0. The molecule has 1 aromatic carbocycles. The van der Waals surface area contributed by atoms with Crippen LogP contribution in [0.3, 0.4) is 0 Å². The van der Waals surface area contributed by atoms with E-state index in [9.17, 15) is 0 Å². The van der Waals surface area contributed by atoms with Gasteiger partial charge in [-0.15, -0.1) is 0 Å². The minimum absolute atomic E-state index is 0.662. The van der Waals surface area contributed by atoms with Gasteiger partial charge in [-0.3, -0.25) is 0 Å². The monoisotopic (exact) mass is 218 g/mol. The molecular weight excluding hydrogens is 196 g/mol. The Kier molecular flexibility index (Phi) is 3.08. The van der Waals surface area contributed by atoms with E-state index in [0.29, 0.717) is 6.04 Å². The van der Waals surface area contributed by atoms with E-state index in [4.69, 9.17) is 5.73 Å². The van der Waals surface area contributed by atoms with Crippen molar-refractivity contribution >= 4 is 11.4 Å². The molecule has 0 amide bonds. The van der Waals surface area contributed by atoms with Crippen LogP contribution in [-0.2, 0) is 0 Å². The molecule has 0 radical (unpaired) electrons.